The fourth-order valence-corrected chi connectivity index (χ4v) is 12.6. The average molecular weight is 1380 g/mol. The number of hydrogen-bond donors (Lipinski definition) is 2. The Morgan fingerprint density at radius 2 is 0.861 bits per heavy atom. The molecular formula is C89H100ClNO10. The Morgan fingerprint density at radius 3 is 1.22 bits per heavy atom. The molecule has 101 heavy (non-hydrogen) atoms. The van der Waals surface area contributed by atoms with Crippen molar-refractivity contribution in [2.45, 2.75) is 131 Å². The lowest BCUT2D eigenvalue weighted by atomic mass is 9.87. The number of alkyl halides is 1. The minimum atomic E-state index is -0.855. The molecular weight excluding hydrogens is 1280 g/mol. The van der Waals surface area contributed by atoms with Crippen molar-refractivity contribution < 1.29 is 48.2 Å². The molecule has 2 N–H and O–H groups in total. The van der Waals surface area contributed by atoms with E-state index in [-0.39, 0.29) is 29.7 Å². The Bertz CT molecular complexity index is 3960. The normalized spacial score (nSPS) is 15.2. The lowest BCUT2D eigenvalue weighted by Gasteiger charge is -2.24. The van der Waals surface area contributed by atoms with E-state index in [1.807, 2.05) is 111 Å². The topological polar surface area (TPSA) is 125 Å². The van der Waals surface area contributed by atoms with Gasteiger partial charge in [-0.25, -0.2) is 0 Å². The first-order chi connectivity index (χ1) is 49.0. The molecule has 11 nitrogen and oxygen atoms in total. The molecule has 528 valence electrons. The van der Waals surface area contributed by atoms with Crippen molar-refractivity contribution in [1.82, 2.24) is 4.90 Å². The quantitative estimate of drug-likeness (QED) is 0.0177. The molecule has 0 aliphatic carbocycles. The molecule has 2 unspecified atom stereocenters. The summed E-state index contributed by atoms with van der Waals surface area (Å²) in [5, 5.41) is 20.1. The molecule has 0 amide bonds. The standard InChI is InChI=1S/C32H36O4.C29H33ClO3.C28H31NO3/c1-2-29(24-10-4-3-5-11-24)32(25-14-18-27(19-15-25)35-30-12-6-8-22-33-30)26-16-20-28(21-17-26)36-31-13-7-9-23-34-31;1-29(2,3)20-27(32)33-25-17-13-23(14-18-25)28(22-11-15-24(31)16-12-22)26(10-7-19-30)21-8-5-4-6-9-21;1-5-27(22-9-7-6-8-10-22)28(24-13-17-26(18-14-24)32-21(2)30)23-11-15-25(16-12-23)31-20-19-29(3)4/h3-5,10-11,14-21,30-31H,2,6-9,12-13,22-23H2,1H3;4-6,8-9,11-18,27,31-32H,7,10,19-20H2,1-3H3;6-18H,5,19-20H2,1-4H3/b;28-26-;28-27+/t;27-;/m.1./s1. The third kappa shape index (κ3) is 23.7. The Labute approximate surface area is 604 Å². The number of allylic oxidation sites excluding steroid dienone is 3. The van der Waals surface area contributed by atoms with Gasteiger partial charge in [-0.15, -0.1) is 11.6 Å². The third-order valence-corrected chi connectivity index (χ3v) is 17.6. The smallest absolute Gasteiger partial charge is 0.308 e. The van der Waals surface area contributed by atoms with Crippen molar-refractivity contribution in [3.05, 3.63) is 287 Å². The van der Waals surface area contributed by atoms with Crippen molar-refractivity contribution in [1.29, 1.82) is 0 Å². The minimum Gasteiger partial charge on any atom is -0.508 e. The highest BCUT2D eigenvalue weighted by Crippen LogP contribution is 2.40. The molecule has 9 aromatic carbocycles. The summed E-state index contributed by atoms with van der Waals surface area (Å²) in [5.41, 5.74) is 17.4. The van der Waals surface area contributed by atoms with Crippen LogP contribution in [0.15, 0.2) is 237 Å². The van der Waals surface area contributed by atoms with Gasteiger partial charge >= 0.3 is 5.97 Å². The summed E-state index contributed by atoms with van der Waals surface area (Å²) in [4.78, 5) is 13.4. The number of hydrogen-bond acceptors (Lipinski definition) is 11. The molecule has 3 atom stereocenters. The number of carbonyl (C=O) groups is 1. The maximum absolute atomic E-state index is 11.3. The molecule has 2 heterocycles. The second-order valence-electron chi connectivity index (χ2n) is 26.7. The number of aliphatic hydroxyl groups excluding tert-OH is 1. The van der Waals surface area contributed by atoms with Crippen molar-refractivity contribution in [2.24, 2.45) is 5.41 Å². The first-order valence-corrected chi connectivity index (χ1v) is 36.2. The Kier molecular flexibility index (Phi) is 29.4. The molecule has 9 aromatic rings. The number of esters is 1. The van der Waals surface area contributed by atoms with Gasteiger partial charge in [-0.05, 0) is 227 Å². The van der Waals surface area contributed by atoms with Crippen molar-refractivity contribution in [3.63, 3.8) is 0 Å². The van der Waals surface area contributed by atoms with Gasteiger partial charge in [0.15, 0.2) is 18.9 Å². The van der Waals surface area contributed by atoms with E-state index in [4.69, 9.17) is 44.8 Å². The number of phenols is 1. The summed E-state index contributed by atoms with van der Waals surface area (Å²) >= 11 is 6.07. The summed E-state index contributed by atoms with van der Waals surface area (Å²) in [6, 6.07) is 79.4. The van der Waals surface area contributed by atoms with Gasteiger partial charge < -0.3 is 48.3 Å². The van der Waals surface area contributed by atoms with E-state index in [9.17, 15) is 15.0 Å². The van der Waals surface area contributed by atoms with E-state index in [1.54, 1.807) is 12.1 Å². The van der Waals surface area contributed by atoms with Crippen LogP contribution < -0.4 is 23.7 Å². The molecule has 0 radical (unpaired) electrons. The molecule has 12 heteroatoms. The van der Waals surface area contributed by atoms with E-state index < -0.39 is 6.29 Å². The first kappa shape index (κ1) is 76.0. The SMILES string of the molecule is CC(C)(C)C[C@H](O)Oc1ccc(/C(=C(/CCCCl)c2ccccc2)c2ccc(O)cc2)cc1.CC/C(=C(/c1ccc(OCCN(C)C)cc1)c1ccc(OC(C)=O)cc1)c1ccccc1.CCC(=C(c1ccc(OC2CCCCO2)cc1)c1ccc(OC2CCCCO2)cc1)c1ccccc1. The molecule has 0 spiro atoms. The Hall–Kier alpha value is -9.20. The molecule has 2 aliphatic heterocycles. The van der Waals surface area contributed by atoms with E-state index in [0.717, 1.165) is 151 Å². The van der Waals surface area contributed by atoms with Crippen LogP contribution in [0.5, 0.6) is 34.5 Å². The number of carbonyl (C=O) groups excluding carboxylic acids is 1. The van der Waals surface area contributed by atoms with Crippen molar-refractivity contribution in [3.8, 4) is 34.5 Å². The van der Waals surface area contributed by atoms with Gasteiger partial charge in [0, 0.05) is 38.6 Å². The van der Waals surface area contributed by atoms with Gasteiger partial charge in [-0.3, -0.25) is 4.79 Å². The molecule has 2 fully saturated rings. The average Bonchev–Trinajstić information content (AvgIpc) is 0.813. The summed E-state index contributed by atoms with van der Waals surface area (Å²) in [7, 11) is 4.07. The highest BCUT2D eigenvalue weighted by atomic mass is 35.5. The zero-order valence-electron chi connectivity index (χ0n) is 60.0. The van der Waals surface area contributed by atoms with E-state index >= 15 is 0 Å². The van der Waals surface area contributed by atoms with Gasteiger partial charge in [0.1, 0.15) is 41.1 Å². The maximum atomic E-state index is 11.3. The van der Waals surface area contributed by atoms with E-state index in [1.165, 1.54) is 40.3 Å². The molecule has 2 saturated heterocycles. The van der Waals surface area contributed by atoms with Crippen molar-refractivity contribution in [2.75, 3.05) is 46.3 Å². The van der Waals surface area contributed by atoms with Gasteiger partial charge in [0.2, 0.25) is 0 Å². The second-order valence-corrected chi connectivity index (χ2v) is 27.1. The fraction of sp³-hybridized carbons (Fsp3) is 0.315. The number of nitrogens with zero attached hydrogens (tertiary/aromatic N) is 1. The highest BCUT2D eigenvalue weighted by Gasteiger charge is 2.22. The minimum absolute atomic E-state index is 0.0266. The van der Waals surface area contributed by atoms with Crippen molar-refractivity contribution >= 4 is 51.0 Å². The van der Waals surface area contributed by atoms with Crippen LogP contribution in [0.1, 0.15) is 162 Å². The molecule has 2 aliphatic rings. The number of aliphatic hydroxyl groups is 1. The number of ether oxygens (including phenoxy) is 7. The summed E-state index contributed by atoms with van der Waals surface area (Å²) in [6.07, 6.45) is 9.31. The number of aromatic hydroxyl groups is 1. The molecule has 11 rings (SSSR count). The zero-order valence-corrected chi connectivity index (χ0v) is 60.8. The van der Waals surface area contributed by atoms with Crippen LogP contribution in [0.25, 0.3) is 33.4 Å². The fourth-order valence-electron chi connectivity index (χ4n) is 12.5. The summed E-state index contributed by atoms with van der Waals surface area (Å²) in [6.45, 7) is 15.1. The van der Waals surface area contributed by atoms with Gasteiger partial charge in [0.25, 0.3) is 0 Å². The summed E-state index contributed by atoms with van der Waals surface area (Å²) < 4.78 is 40.5. The number of likely N-dealkylation sites (N-methyl/N-ethyl adjacent to an activating group) is 1. The highest BCUT2D eigenvalue weighted by molar-refractivity contribution is 6.18. The van der Waals surface area contributed by atoms with E-state index in [0.29, 0.717) is 30.4 Å². The number of halogens is 1. The number of benzene rings is 9. The van der Waals surface area contributed by atoms with Crippen LogP contribution in [0.3, 0.4) is 0 Å². The van der Waals surface area contributed by atoms with Crippen LogP contribution in [0.2, 0.25) is 0 Å². The van der Waals surface area contributed by atoms with E-state index in [2.05, 4.69) is 167 Å². The third-order valence-electron chi connectivity index (χ3n) is 17.3. The van der Waals surface area contributed by atoms with Gasteiger partial charge in [-0.2, -0.15) is 0 Å². The lowest BCUT2D eigenvalue weighted by Crippen LogP contribution is -2.24. The Balaban J connectivity index is 0.000000177. The zero-order chi connectivity index (χ0) is 71.4. The monoisotopic (exact) mass is 1380 g/mol. The van der Waals surface area contributed by atoms with Gasteiger partial charge in [-0.1, -0.05) is 198 Å². The van der Waals surface area contributed by atoms with Crippen LogP contribution in [-0.2, 0) is 14.3 Å². The van der Waals surface area contributed by atoms with Crippen LogP contribution in [0, 0.1) is 5.41 Å². The lowest BCUT2D eigenvalue weighted by molar-refractivity contribution is -0.131. The Morgan fingerprint density at radius 1 is 0.495 bits per heavy atom. The first-order valence-electron chi connectivity index (χ1n) is 35.6. The molecule has 0 saturated carbocycles. The molecule has 0 bridgehead atoms. The predicted octanol–water partition coefficient (Wildman–Crippen LogP) is 21.3. The second kappa shape index (κ2) is 39.1. The number of phenolic OH excluding ortho intramolecular Hbond substituents is 1. The van der Waals surface area contributed by atoms with Crippen LogP contribution in [-0.4, -0.2) is 86.3 Å². The number of rotatable bonds is 26. The molecule has 0 aromatic heterocycles. The van der Waals surface area contributed by atoms with Crippen LogP contribution in [0.4, 0.5) is 0 Å². The van der Waals surface area contributed by atoms with Gasteiger partial charge in [0.05, 0.1) is 13.2 Å². The maximum Gasteiger partial charge on any atom is 0.308 e. The summed E-state index contributed by atoms with van der Waals surface area (Å²) in [5.74, 6) is 4.22. The predicted molar refractivity (Wildman–Crippen MR) is 412 cm³/mol. The van der Waals surface area contributed by atoms with Crippen LogP contribution >= 0.6 is 11.6 Å². The largest absolute Gasteiger partial charge is 0.508 e.